The zero-order chi connectivity index (χ0) is 8.55. The first-order valence-electron chi connectivity index (χ1n) is 4.15. The lowest BCUT2D eigenvalue weighted by Crippen LogP contribution is -2.22. The second-order valence-corrected chi connectivity index (χ2v) is 2.97. The number of allylic oxidation sites excluding steroid dienone is 2. The molecular weight excluding hydrogens is 152 g/mol. The van der Waals surface area contributed by atoms with Gasteiger partial charge in [0.15, 0.2) is 0 Å². The molecule has 4 nitrogen and oxygen atoms in total. The van der Waals surface area contributed by atoms with Crippen LogP contribution in [0.3, 0.4) is 0 Å². The highest BCUT2D eigenvalue weighted by Gasteiger charge is 2.26. The second-order valence-electron chi connectivity index (χ2n) is 2.97. The van der Waals surface area contributed by atoms with Gasteiger partial charge in [0, 0.05) is 18.7 Å². The van der Waals surface area contributed by atoms with Crippen LogP contribution in [0.1, 0.15) is 13.3 Å². The van der Waals surface area contributed by atoms with Crippen molar-refractivity contribution in [2.24, 2.45) is 16.1 Å². The van der Waals surface area contributed by atoms with E-state index < -0.39 is 0 Å². The van der Waals surface area contributed by atoms with Gasteiger partial charge in [-0.15, -0.1) is 0 Å². The summed E-state index contributed by atoms with van der Waals surface area (Å²) in [6.45, 7) is 2.93. The molecule has 0 fully saturated rings. The molecule has 0 aromatic heterocycles. The van der Waals surface area contributed by atoms with Gasteiger partial charge in [0.05, 0.1) is 5.70 Å². The van der Waals surface area contributed by atoms with Crippen molar-refractivity contribution in [1.29, 1.82) is 0 Å². The molecule has 64 valence electrons. The molecule has 0 amide bonds. The minimum Gasteiger partial charge on any atom is -0.402 e. The Balaban J connectivity index is 2.25. The quantitative estimate of drug-likeness (QED) is 0.632. The topological polar surface area (TPSA) is 54.0 Å². The van der Waals surface area contributed by atoms with Gasteiger partial charge in [-0.25, -0.2) is 5.01 Å². The van der Waals surface area contributed by atoms with E-state index >= 15 is 0 Å². The summed E-state index contributed by atoms with van der Waals surface area (Å²) in [5, 5.41) is 10.1. The molecule has 0 saturated carbocycles. The first-order chi connectivity index (χ1) is 5.81. The molecule has 12 heavy (non-hydrogen) atoms. The average molecular weight is 164 g/mol. The van der Waals surface area contributed by atoms with E-state index in [0.29, 0.717) is 0 Å². The number of hydrogen-bond acceptors (Lipinski definition) is 4. The lowest BCUT2D eigenvalue weighted by molar-refractivity contribution is 0.388. The summed E-state index contributed by atoms with van der Waals surface area (Å²) in [4.78, 5) is 0. The van der Waals surface area contributed by atoms with Gasteiger partial charge in [-0.2, -0.15) is 5.11 Å². The average Bonchev–Trinajstić information content (AvgIpc) is 2.46. The maximum atomic E-state index is 5.67. The first kappa shape index (κ1) is 7.34. The van der Waals surface area contributed by atoms with Gasteiger partial charge in [-0.1, -0.05) is 5.22 Å². The highest BCUT2D eigenvalue weighted by Crippen LogP contribution is 2.28. The first-order valence-corrected chi connectivity index (χ1v) is 4.15. The maximum Gasteiger partial charge on any atom is 0.120 e. The third-order valence-electron chi connectivity index (χ3n) is 2.14. The van der Waals surface area contributed by atoms with Crippen LogP contribution in [-0.2, 0) is 0 Å². The molecule has 1 heterocycles. The second kappa shape index (κ2) is 2.62. The normalized spacial score (nSPS) is 26.8. The molecule has 0 spiro atoms. The van der Waals surface area contributed by atoms with E-state index in [1.807, 2.05) is 17.2 Å². The van der Waals surface area contributed by atoms with E-state index in [-0.39, 0.29) is 6.04 Å². The Morgan fingerprint density at radius 1 is 1.67 bits per heavy atom. The Morgan fingerprint density at radius 3 is 3.25 bits per heavy atom. The van der Waals surface area contributed by atoms with Crippen molar-refractivity contribution in [2.75, 3.05) is 6.54 Å². The van der Waals surface area contributed by atoms with Crippen molar-refractivity contribution >= 4 is 0 Å². The van der Waals surface area contributed by atoms with Crippen molar-refractivity contribution < 1.29 is 0 Å². The number of nitrogens with zero attached hydrogens (tertiary/aromatic N) is 3. The Hall–Kier alpha value is -1.32. The van der Waals surface area contributed by atoms with Crippen molar-refractivity contribution in [3.05, 3.63) is 23.5 Å². The van der Waals surface area contributed by atoms with Crippen LogP contribution in [0.4, 0.5) is 0 Å². The fraction of sp³-hybridized carbons (Fsp3) is 0.500. The third kappa shape index (κ3) is 0.995. The summed E-state index contributed by atoms with van der Waals surface area (Å²) < 4.78 is 0. The van der Waals surface area contributed by atoms with Crippen molar-refractivity contribution in [1.82, 2.24) is 5.01 Å². The van der Waals surface area contributed by atoms with Crippen LogP contribution in [0.15, 0.2) is 33.9 Å². The summed E-state index contributed by atoms with van der Waals surface area (Å²) >= 11 is 0. The van der Waals surface area contributed by atoms with Gasteiger partial charge in [-0.05, 0) is 19.1 Å². The largest absolute Gasteiger partial charge is 0.402 e. The van der Waals surface area contributed by atoms with Crippen LogP contribution in [-0.4, -0.2) is 17.6 Å². The summed E-state index contributed by atoms with van der Waals surface area (Å²) in [6, 6.07) is 0.176. The zero-order valence-electron chi connectivity index (χ0n) is 7.07. The zero-order valence-corrected chi connectivity index (χ0v) is 7.07. The molecule has 1 aliphatic carbocycles. The molecule has 0 aromatic carbocycles. The smallest absolute Gasteiger partial charge is 0.120 e. The fourth-order valence-electron chi connectivity index (χ4n) is 1.48. The summed E-state index contributed by atoms with van der Waals surface area (Å²) in [6.07, 6.45) is 4.75. The number of rotatable bonds is 1. The number of fused-ring (bicyclic) bond motifs is 1. The van der Waals surface area contributed by atoms with Crippen LogP contribution in [0.25, 0.3) is 0 Å². The van der Waals surface area contributed by atoms with E-state index in [0.717, 1.165) is 18.7 Å². The van der Waals surface area contributed by atoms with E-state index in [1.165, 1.54) is 5.70 Å². The summed E-state index contributed by atoms with van der Waals surface area (Å²) in [5.41, 5.74) is 7.74. The minimum atomic E-state index is 0.176. The Kier molecular flexibility index (Phi) is 1.60. The van der Waals surface area contributed by atoms with Crippen LogP contribution in [0.2, 0.25) is 0 Å². The molecule has 2 aliphatic rings. The number of nitrogens with two attached hydrogens (primary N) is 1. The van der Waals surface area contributed by atoms with Crippen molar-refractivity contribution in [3.8, 4) is 0 Å². The lowest BCUT2D eigenvalue weighted by atomic mass is 10.0. The van der Waals surface area contributed by atoms with Gasteiger partial charge in [0.1, 0.15) is 6.04 Å². The number of likely N-dealkylation sites (N-methyl/N-ethyl adjacent to an activating group) is 1. The molecule has 4 heteroatoms. The van der Waals surface area contributed by atoms with Gasteiger partial charge in [-0.3, -0.25) is 0 Å². The molecule has 1 unspecified atom stereocenters. The minimum absolute atomic E-state index is 0.176. The molecule has 2 rings (SSSR count). The van der Waals surface area contributed by atoms with E-state index in [2.05, 4.69) is 17.3 Å². The molecule has 0 radical (unpaired) electrons. The van der Waals surface area contributed by atoms with Crippen LogP contribution >= 0.6 is 0 Å². The lowest BCUT2D eigenvalue weighted by Gasteiger charge is -2.18. The van der Waals surface area contributed by atoms with Crippen LogP contribution in [0.5, 0.6) is 0 Å². The molecule has 1 aliphatic heterocycles. The maximum absolute atomic E-state index is 5.67. The van der Waals surface area contributed by atoms with E-state index in [1.54, 1.807) is 0 Å². The molecule has 0 bridgehead atoms. The van der Waals surface area contributed by atoms with Crippen LogP contribution < -0.4 is 5.73 Å². The van der Waals surface area contributed by atoms with Gasteiger partial charge in [0.25, 0.3) is 0 Å². The SMILES string of the molecule is CCN1N=NC2CC(N)=CC=C21. The van der Waals surface area contributed by atoms with Gasteiger partial charge < -0.3 is 5.73 Å². The van der Waals surface area contributed by atoms with E-state index in [9.17, 15) is 0 Å². The molecule has 1 atom stereocenters. The Morgan fingerprint density at radius 2 is 2.50 bits per heavy atom. The van der Waals surface area contributed by atoms with Crippen molar-refractivity contribution in [3.63, 3.8) is 0 Å². The molecular formula is C8H12N4. The van der Waals surface area contributed by atoms with Crippen molar-refractivity contribution in [2.45, 2.75) is 19.4 Å². The molecule has 2 N–H and O–H groups in total. The van der Waals surface area contributed by atoms with Gasteiger partial charge >= 0.3 is 0 Å². The fourth-order valence-corrected chi connectivity index (χ4v) is 1.48. The molecule has 0 saturated heterocycles. The highest BCUT2D eigenvalue weighted by atomic mass is 15.6. The van der Waals surface area contributed by atoms with Crippen LogP contribution in [0, 0.1) is 0 Å². The van der Waals surface area contributed by atoms with Gasteiger partial charge in [0.2, 0.25) is 0 Å². The van der Waals surface area contributed by atoms with E-state index in [4.69, 9.17) is 5.73 Å². The highest BCUT2D eigenvalue weighted by molar-refractivity contribution is 5.28. The summed E-state index contributed by atoms with van der Waals surface area (Å²) in [5.74, 6) is 0. The Bertz CT molecular complexity index is 273. The summed E-state index contributed by atoms with van der Waals surface area (Å²) in [7, 11) is 0. The third-order valence-corrected chi connectivity index (χ3v) is 2.14. The number of hydrogen-bond donors (Lipinski definition) is 1. The monoisotopic (exact) mass is 164 g/mol. The standard InChI is InChI=1S/C8H12N4/c1-2-12-8-4-3-6(9)5-7(8)10-11-12/h3-4,7H,2,5,9H2,1H3. The predicted molar refractivity (Wildman–Crippen MR) is 46.0 cm³/mol. The molecule has 0 aromatic rings. The predicted octanol–water partition coefficient (Wildman–Crippen LogP) is 1.19. The Labute approximate surface area is 71.4 Å².